The van der Waals surface area contributed by atoms with Gasteiger partial charge in [0.2, 0.25) is 0 Å². The van der Waals surface area contributed by atoms with Crippen LogP contribution in [0.3, 0.4) is 0 Å². The number of pyridine rings is 1. The van der Waals surface area contributed by atoms with Crippen LogP contribution in [0, 0.1) is 5.92 Å². The van der Waals surface area contributed by atoms with E-state index < -0.39 is 0 Å². The third-order valence-corrected chi connectivity index (χ3v) is 5.71. The van der Waals surface area contributed by atoms with Gasteiger partial charge in [-0.25, -0.2) is 0 Å². The molecular weight excluding hydrogens is 332 g/mol. The van der Waals surface area contributed by atoms with Crippen LogP contribution in [0.2, 0.25) is 0 Å². The zero-order valence-corrected chi connectivity index (χ0v) is 15.8. The van der Waals surface area contributed by atoms with Crippen LogP contribution in [0.1, 0.15) is 48.5 Å². The SMILES string of the molecule is CC1CCCC(Cc2ccccc2)(NC(=O)c2cnc3ccccc3c2)C1. The van der Waals surface area contributed by atoms with E-state index in [1.807, 2.05) is 36.4 Å². The second kappa shape index (κ2) is 7.51. The summed E-state index contributed by atoms with van der Waals surface area (Å²) in [5.74, 6) is 0.607. The van der Waals surface area contributed by atoms with Crippen LogP contribution >= 0.6 is 0 Å². The molecule has 1 saturated carbocycles. The highest BCUT2D eigenvalue weighted by Crippen LogP contribution is 2.35. The van der Waals surface area contributed by atoms with Gasteiger partial charge in [-0.3, -0.25) is 9.78 Å². The van der Waals surface area contributed by atoms with Crippen LogP contribution in [0.5, 0.6) is 0 Å². The van der Waals surface area contributed by atoms with Crippen LogP contribution < -0.4 is 5.32 Å². The van der Waals surface area contributed by atoms with E-state index in [4.69, 9.17) is 0 Å². The highest BCUT2D eigenvalue weighted by atomic mass is 16.1. The number of aromatic nitrogens is 1. The number of hydrogen-bond donors (Lipinski definition) is 1. The fourth-order valence-corrected chi connectivity index (χ4v) is 4.47. The van der Waals surface area contributed by atoms with Crippen molar-refractivity contribution in [2.75, 3.05) is 0 Å². The van der Waals surface area contributed by atoms with Crippen molar-refractivity contribution in [2.45, 2.75) is 44.6 Å². The second-order valence-corrected chi connectivity index (χ2v) is 8.02. The highest BCUT2D eigenvalue weighted by Gasteiger charge is 2.36. The van der Waals surface area contributed by atoms with Gasteiger partial charge < -0.3 is 5.32 Å². The molecule has 3 heteroatoms. The van der Waals surface area contributed by atoms with E-state index >= 15 is 0 Å². The lowest BCUT2D eigenvalue weighted by Gasteiger charge is -2.41. The van der Waals surface area contributed by atoms with E-state index in [1.54, 1.807) is 6.20 Å². The molecule has 27 heavy (non-hydrogen) atoms. The molecule has 1 fully saturated rings. The smallest absolute Gasteiger partial charge is 0.253 e. The topological polar surface area (TPSA) is 42.0 Å². The molecule has 4 rings (SSSR count). The van der Waals surface area contributed by atoms with Crippen LogP contribution in [0.25, 0.3) is 10.9 Å². The van der Waals surface area contributed by atoms with Crippen LogP contribution in [0.15, 0.2) is 66.9 Å². The van der Waals surface area contributed by atoms with Crippen molar-refractivity contribution in [3.8, 4) is 0 Å². The number of para-hydroxylation sites is 1. The molecule has 1 N–H and O–H groups in total. The molecule has 1 amide bonds. The summed E-state index contributed by atoms with van der Waals surface area (Å²) in [4.78, 5) is 17.6. The number of benzene rings is 2. The largest absolute Gasteiger partial charge is 0.346 e. The second-order valence-electron chi connectivity index (χ2n) is 8.02. The van der Waals surface area contributed by atoms with Gasteiger partial charge in [-0.05, 0) is 42.9 Å². The van der Waals surface area contributed by atoms with Gasteiger partial charge in [-0.2, -0.15) is 0 Å². The summed E-state index contributed by atoms with van der Waals surface area (Å²) >= 11 is 0. The molecule has 1 heterocycles. The lowest BCUT2D eigenvalue weighted by atomic mass is 9.73. The lowest BCUT2D eigenvalue weighted by Crippen LogP contribution is -2.52. The maximum Gasteiger partial charge on any atom is 0.253 e. The fraction of sp³-hybridized carbons (Fsp3) is 0.333. The number of nitrogens with zero attached hydrogens (tertiary/aromatic N) is 1. The number of amides is 1. The van der Waals surface area contributed by atoms with Gasteiger partial charge in [-0.15, -0.1) is 0 Å². The van der Waals surface area contributed by atoms with E-state index in [-0.39, 0.29) is 11.4 Å². The summed E-state index contributed by atoms with van der Waals surface area (Å²) in [6.45, 7) is 2.29. The normalized spacial score (nSPS) is 22.5. The third-order valence-electron chi connectivity index (χ3n) is 5.71. The Hall–Kier alpha value is -2.68. The molecule has 1 aromatic heterocycles. The average Bonchev–Trinajstić information content (AvgIpc) is 2.68. The Morgan fingerprint density at radius 2 is 1.93 bits per heavy atom. The van der Waals surface area contributed by atoms with Crippen molar-refractivity contribution in [3.05, 3.63) is 78.0 Å². The molecule has 2 unspecified atom stereocenters. The highest BCUT2D eigenvalue weighted by molar-refractivity contribution is 5.97. The van der Waals surface area contributed by atoms with E-state index in [1.165, 1.54) is 12.0 Å². The number of hydrogen-bond acceptors (Lipinski definition) is 2. The molecule has 3 aromatic rings. The van der Waals surface area contributed by atoms with E-state index in [0.29, 0.717) is 11.5 Å². The molecule has 1 aliphatic rings. The minimum Gasteiger partial charge on any atom is -0.346 e. The minimum absolute atomic E-state index is 0.0155. The zero-order chi connectivity index (χ0) is 18.7. The Balaban J connectivity index is 1.60. The summed E-state index contributed by atoms with van der Waals surface area (Å²) < 4.78 is 0. The van der Waals surface area contributed by atoms with Gasteiger partial charge >= 0.3 is 0 Å². The standard InChI is InChI=1S/C24H26N2O/c1-18-8-7-13-24(15-18,16-19-9-3-2-4-10-19)26-23(27)21-14-20-11-5-6-12-22(20)25-17-21/h2-6,9-12,14,17-18H,7-8,13,15-16H2,1H3,(H,26,27). The Morgan fingerprint density at radius 3 is 2.74 bits per heavy atom. The fourth-order valence-electron chi connectivity index (χ4n) is 4.47. The van der Waals surface area contributed by atoms with E-state index in [0.717, 1.165) is 36.6 Å². The first-order valence-corrected chi connectivity index (χ1v) is 9.85. The maximum atomic E-state index is 13.1. The molecule has 2 atom stereocenters. The Bertz CT molecular complexity index is 937. The third kappa shape index (κ3) is 4.02. The molecule has 138 valence electrons. The average molecular weight is 358 g/mol. The minimum atomic E-state index is -0.179. The first-order valence-electron chi connectivity index (χ1n) is 9.85. The van der Waals surface area contributed by atoms with Gasteiger partial charge in [-0.1, -0.05) is 68.3 Å². The Labute approximate surface area is 160 Å². The van der Waals surface area contributed by atoms with Gasteiger partial charge in [0.1, 0.15) is 0 Å². The quantitative estimate of drug-likeness (QED) is 0.700. The number of carbonyl (C=O) groups excluding carboxylic acids is 1. The van der Waals surface area contributed by atoms with E-state index in [2.05, 4.69) is 41.5 Å². The van der Waals surface area contributed by atoms with Gasteiger partial charge in [0.15, 0.2) is 0 Å². The van der Waals surface area contributed by atoms with Gasteiger partial charge in [0.25, 0.3) is 5.91 Å². The molecule has 0 radical (unpaired) electrons. The van der Waals surface area contributed by atoms with Crippen molar-refractivity contribution in [1.29, 1.82) is 0 Å². The monoisotopic (exact) mass is 358 g/mol. The van der Waals surface area contributed by atoms with Crippen molar-refractivity contribution in [1.82, 2.24) is 10.3 Å². The van der Waals surface area contributed by atoms with Crippen LogP contribution in [0.4, 0.5) is 0 Å². The van der Waals surface area contributed by atoms with Crippen molar-refractivity contribution < 1.29 is 4.79 Å². The summed E-state index contributed by atoms with van der Waals surface area (Å²) in [6, 6.07) is 20.4. The van der Waals surface area contributed by atoms with Crippen molar-refractivity contribution in [2.24, 2.45) is 5.92 Å². The molecule has 3 nitrogen and oxygen atoms in total. The number of carbonyl (C=O) groups is 1. The summed E-state index contributed by atoms with van der Waals surface area (Å²) in [5.41, 5.74) is 2.66. The van der Waals surface area contributed by atoms with Crippen LogP contribution in [-0.2, 0) is 6.42 Å². The lowest BCUT2D eigenvalue weighted by molar-refractivity contribution is 0.0845. The van der Waals surface area contributed by atoms with Crippen molar-refractivity contribution in [3.63, 3.8) is 0 Å². The molecule has 0 bridgehead atoms. The molecule has 0 saturated heterocycles. The van der Waals surface area contributed by atoms with E-state index in [9.17, 15) is 4.79 Å². The summed E-state index contributed by atoms with van der Waals surface area (Å²) in [7, 11) is 0. The zero-order valence-electron chi connectivity index (χ0n) is 15.8. The number of fused-ring (bicyclic) bond motifs is 1. The van der Waals surface area contributed by atoms with Crippen molar-refractivity contribution >= 4 is 16.8 Å². The molecular formula is C24H26N2O. The molecule has 2 aromatic carbocycles. The summed E-state index contributed by atoms with van der Waals surface area (Å²) in [5, 5.41) is 4.41. The van der Waals surface area contributed by atoms with Gasteiger partial charge in [0.05, 0.1) is 11.1 Å². The maximum absolute atomic E-state index is 13.1. The first kappa shape index (κ1) is 17.7. The Morgan fingerprint density at radius 1 is 1.15 bits per heavy atom. The Kier molecular flexibility index (Phi) is 4.93. The van der Waals surface area contributed by atoms with Gasteiger partial charge in [0, 0.05) is 17.1 Å². The predicted molar refractivity (Wildman–Crippen MR) is 110 cm³/mol. The number of nitrogens with one attached hydrogen (secondary N) is 1. The molecule has 0 spiro atoms. The predicted octanol–water partition coefficient (Wildman–Crippen LogP) is 5.16. The first-order chi connectivity index (χ1) is 13.1. The van der Waals surface area contributed by atoms with Crippen LogP contribution in [-0.4, -0.2) is 16.4 Å². The number of rotatable bonds is 4. The molecule has 0 aliphatic heterocycles. The molecule has 1 aliphatic carbocycles. The summed E-state index contributed by atoms with van der Waals surface area (Å²) in [6.07, 6.45) is 7.02.